The summed E-state index contributed by atoms with van der Waals surface area (Å²) in [5.74, 6) is 0. The molecule has 0 atom stereocenters. The third kappa shape index (κ3) is 2.06. The molecule has 0 amide bonds. The van der Waals surface area contributed by atoms with Crippen LogP contribution < -0.4 is 0 Å². The lowest BCUT2D eigenvalue weighted by atomic mass is 10.0. The number of hydrogen-bond acceptors (Lipinski definition) is 2. The average molecular weight is 244 g/mol. The van der Waals surface area contributed by atoms with Gasteiger partial charge in [-0.3, -0.25) is 10.1 Å². The maximum absolute atomic E-state index is 10.7. The molecule has 0 saturated heterocycles. The zero-order chi connectivity index (χ0) is 10.0. The highest BCUT2D eigenvalue weighted by molar-refractivity contribution is 9.10. The van der Waals surface area contributed by atoms with Gasteiger partial charge in [0.25, 0.3) is 5.69 Å². The van der Waals surface area contributed by atoms with Gasteiger partial charge in [-0.1, -0.05) is 22.9 Å². The van der Waals surface area contributed by atoms with E-state index in [9.17, 15) is 10.1 Å². The van der Waals surface area contributed by atoms with E-state index in [-0.39, 0.29) is 10.6 Å². The van der Waals surface area contributed by atoms with Crippen molar-refractivity contribution in [2.24, 2.45) is 0 Å². The molecule has 0 N–H and O–H groups in total. The van der Waals surface area contributed by atoms with Gasteiger partial charge in [0.1, 0.15) is 0 Å². The fraction of sp³-hybridized carbons (Fsp3) is 0.333. The van der Waals surface area contributed by atoms with E-state index in [4.69, 9.17) is 0 Å². The summed E-state index contributed by atoms with van der Waals surface area (Å²) >= 11 is 3.24. The second kappa shape index (κ2) is 3.87. The Bertz CT molecular complexity index is 350. The van der Waals surface area contributed by atoms with Gasteiger partial charge in [-0.15, -0.1) is 0 Å². The minimum atomic E-state index is -0.337. The molecule has 0 radical (unpaired) electrons. The van der Waals surface area contributed by atoms with Gasteiger partial charge >= 0.3 is 0 Å². The molecule has 0 spiro atoms. The van der Waals surface area contributed by atoms with Crippen LogP contribution in [0.25, 0.3) is 0 Å². The molecule has 0 heterocycles. The fourth-order valence-electron chi connectivity index (χ4n) is 1.38. The third-order valence-electron chi connectivity index (χ3n) is 1.96. The van der Waals surface area contributed by atoms with Crippen molar-refractivity contribution in [3.63, 3.8) is 0 Å². The molecule has 0 aromatic heterocycles. The smallest absolute Gasteiger partial charge is 0.258 e. The van der Waals surface area contributed by atoms with Gasteiger partial charge in [0.05, 0.1) is 4.92 Å². The molecule has 70 valence electrons. The SMILES string of the molecule is CCc1c(C)cc(Br)cc1[N+](=O)[O-]. The van der Waals surface area contributed by atoms with Crippen LogP contribution in [0.5, 0.6) is 0 Å². The summed E-state index contributed by atoms with van der Waals surface area (Å²) in [6.45, 7) is 3.81. The van der Waals surface area contributed by atoms with Gasteiger partial charge in [-0.2, -0.15) is 0 Å². The highest BCUT2D eigenvalue weighted by Crippen LogP contribution is 2.27. The standard InChI is InChI=1S/C9H10BrNO2/c1-3-8-6(2)4-7(10)5-9(8)11(12)13/h4-5H,3H2,1-2H3. The lowest BCUT2D eigenvalue weighted by Crippen LogP contribution is -1.96. The molecule has 0 aliphatic rings. The fourth-order valence-corrected chi connectivity index (χ4v) is 1.94. The topological polar surface area (TPSA) is 43.1 Å². The molecule has 13 heavy (non-hydrogen) atoms. The number of nitro benzene ring substituents is 1. The molecular formula is C9H10BrNO2. The Morgan fingerprint density at radius 3 is 2.62 bits per heavy atom. The highest BCUT2D eigenvalue weighted by atomic mass is 79.9. The summed E-state index contributed by atoms with van der Waals surface area (Å²) in [5, 5.41) is 10.7. The van der Waals surface area contributed by atoms with Gasteiger partial charge in [0.2, 0.25) is 0 Å². The minimum absolute atomic E-state index is 0.203. The Labute approximate surface area is 85.0 Å². The second-order valence-corrected chi connectivity index (χ2v) is 3.75. The Morgan fingerprint density at radius 1 is 1.54 bits per heavy atom. The van der Waals surface area contributed by atoms with E-state index in [1.165, 1.54) is 0 Å². The average Bonchev–Trinajstić information content (AvgIpc) is 2.02. The second-order valence-electron chi connectivity index (χ2n) is 2.83. The molecular weight excluding hydrogens is 234 g/mol. The van der Waals surface area contributed by atoms with Crippen LogP contribution in [0.4, 0.5) is 5.69 Å². The monoisotopic (exact) mass is 243 g/mol. The predicted octanol–water partition coefficient (Wildman–Crippen LogP) is 3.23. The van der Waals surface area contributed by atoms with E-state index in [2.05, 4.69) is 15.9 Å². The summed E-state index contributed by atoms with van der Waals surface area (Å²) < 4.78 is 0.758. The quantitative estimate of drug-likeness (QED) is 0.592. The lowest BCUT2D eigenvalue weighted by molar-refractivity contribution is -0.385. The van der Waals surface area contributed by atoms with E-state index in [0.717, 1.165) is 15.6 Å². The van der Waals surface area contributed by atoms with Crippen molar-refractivity contribution in [3.8, 4) is 0 Å². The zero-order valence-corrected chi connectivity index (χ0v) is 9.09. The van der Waals surface area contributed by atoms with Crippen LogP contribution in [0.2, 0.25) is 0 Å². The summed E-state index contributed by atoms with van der Waals surface area (Å²) in [6.07, 6.45) is 0.690. The molecule has 0 bridgehead atoms. The van der Waals surface area contributed by atoms with Crippen LogP contribution in [0.15, 0.2) is 16.6 Å². The van der Waals surface area contributed by atoms with E-state index < -0.39 is 0 Å². The highest BCUT2D eigenvalue weighted by Gasteiger charge is 2.14. The van der Waals surface area contributed by atoms with Gasteiger partial charge < -0.3 is 0 Å². The van der Waals surface area contributed by atoms with Crippen LogP contribution >= 0.6 is 15.9 Å². The van der Waals surface area contributed by atoms with Crippen LogP contribution in [0.3, 0.4) is 0 Å². The summed E-state index contributed by atoms with van der Waals surface area (Å²) in [6, 6.07) is 3.44. The number of halogens is 1. The Morgan fingerprint density at radius 2 is 2.15 bits per heavy atom. The number of aryl methyl sites for hydroxylation is 1. The number of hydrogen-bond donors (Lipinski definition) is 0. The van der Waals surface area contributed by atoms with Crippen LogP contribution in [0.1, 0.15) is 18.1 Å². The zero-order valence-electron chi connectivity index (χ0n) is 7.50. The maximum Gasteiger partial charge on any atom is 0.273 e. The Hall–Kier alpha value is -0.900. The first kappa shape index (κ1) is 10.2. The van der Waals surface area contributed by atoms with Gasteiger partial charge in [-0.05, 0) is 25.0 Å². The molecule has 0 aliphatic heterocycles. The van der Waals surface area contributed by atoms with Crippen molar-refractivity contribution in [2.75, 3.05) is 0 Å². The minimum Gasteiger partial charge on any atom is -0.258 e. The molecule has 3 nitrogen and oxygen atoms in total. The molecule has 4 heteroatoms. The van der Waals surface area contributed by atoms with Crippen molar-refractivity contribution in [3.05, 3.63) is 37.8 Å². The van der Waals surface area contributed by atoms with E-state index in [0.29, 0.717) is 6.42 Å². The lowest BCUT2D eigenvalue weighted by Gasteiger charge is -2.04. The van der Waals surface area contributed by atoms with Crippen LogP contribution in [-0.2, 0) is 6.42 Å². The maximum atomic E-state index is 10.7. The van der Waals surface area contributed by atoms with Crippen LogP contribution in [0, 0.1) is 17.0 Å². The van der Waals surface area contributed by atoms with E-state index >= 15 is 0 Å². The number of nitro groups is 1. The summed E-state index contributed by atoms with van der Waals surface area (Å²) in [4.78, 5) is 10.3. The molecule has 1 rings (SSSR count). The van der Waals surface area contributed by atoms with Crippen molar-refractivity contribution in [1.82, 2.24) is 0 Å². The summed E-state index contributed by atoms with van der Waals surface area (Å²) in [7, 11) is 0. The normalized spacial score (nSPS) is 10.1. The van der Waals surface area contributed by atoms with Gasteiger partial charge in [0, 0.05) is 16.1 Å². The molecule has 0 aliphatic carbocycles. The van der Waals surface area contributed by atoms with Crippen molar-refractivity contribution in [2.45, 2.75) is 20.3 Å². The first-order chi connectivity index (χ1) is 6.06. The molecule has 0 unspecified atom stereocenters. The van der Waals surface area contributed by atoms with Crippen molar-refractivity contribution < 1.29 is 4.92 Å². The van der Waals surface area contributed by atoms with E-state index in [1.807, 2.05) is 19.9 Å². The predicted molar refractivity (Wildman–Crippen MR) is 54.9 cm³/mol. The van der Waals surface area contributed by atoms with Crippen molar-refractivity contribution in [1.29, 1.82) is 0 Å². The van der Waals surface area contributed by atoms with E-state index in [1.54, 1.807) is 6.07 Å². The number of rotatable bonds is 2. The van der Waals surface area contributed by atoms with Crippen LogP contribution in [-0.4, -0.2) is 4.92 Å². The first-order valence-electron chi connectivity index (χ1n) is 3.99. The molecule has 1 aromatic rings. The third-order valence-corrected chi connectivity index (χ3v) is 2.42. The number of benzene rings is 1. The summed E-state index contributed by atoms with van der Waals surface area (Å²) in [5.41, 5.74) is 1.98. The number of nitrogens with zero attached hydrogens (tertiary/aromatic N) is 1. The first-order valence-corrected chi connectivity index (χ1v) is 4.79. The van der Waals surface area contributed by atoms with Crippen molar-refractivity contribution >= 4 is 21.6 Å². The molecule has 0 saturated carbocycles. The Kier molecular flexibility index (Phi) is 3.03. The largest absolute Gasteiger partial charge is 0.273 e. The Balaban J connectivity index is 3.38. The molecule has 1 aromatic carbocycles. The molecule has 0 fully saturated rings. The van der Waals surface area contributed by atoms with Gasteiger partial charge in [-0.25, -0.2) is 0 Å². The van der Waals surface area contributed by atoms with Gasteiger partial charge in [0.15, 0.2) is 0 Å².